The molecule has 1 spiro atoms. The number of ether oxygens (including phenoxy) is 3. The highest BCUT2D eigenvalue weighted by atomic mass is 35.5. The lowest BCUT2D eigenvalue weighted by molar-refractivity contribution is -0.0314. The Morgan fingerprint density at radius 3 is 2.79 bits per heavy atom. The summed E-state index contributed by atoms with van der Waals surface area (Å²) < 4.78 is 49.6. The van der Waals surface area contributed by atoms with E-state index in [1.165, 1.54) is 11.1 Å². The molecular weight excluding hydrogens is 652 g/mol. The minimum absolute atomic E-state index is 0.0817. The number of benzene rings is 2. The molecule has 1 saturated carbocycles. The molecule has 2 aromatic rings. The van der Waals surface area contributed by atoms with E-state index in [-0.39, 0.29) is 17.1 Å². The van der Waals surface area contributed by atoms with Crippen LogP contribution in [0.4, 0.5) is 5.69 Å². The van der Waals surface area contributed by atoms with Crippen molar-refractivity contribution in [2.45, 2.75) is 63.0 Å². The van der Waals surface area contributed by atoms with E-state index in [9.17, 15) is 13.2 Å². The molecule has 48 heavy (non-hydrogen) atoms. The fourth-order valence-electron chi connectivity index (χ4n) is 8.20. The molecule has 0 unspecified atom stereocenters. The van der Waals surface area contributed by atoms with Gasteiger partial charge in [0, 0.05) is 54.8 Å². The number of amides is 1. The highest BCUT2D eigenvalue weighted by molar-refractivity contribution is 7.88. The number of morpholine rings is 1. The number of rotatable bonds is 4. The van der Waals surface area contributed by atoms with E-state index in [0.717, 1.165) is 88.8 Å². The van der Waals surface area contributed by atoms with Crippen molar-refractivity contribution in [1.82, 2.24) is 14.3 Å². The minimum Gasteiger partial charge on any atom is -0.490 e. The van der Waals surface area contributed by atoms with Gasteiger partial charge in [-0.15, -0.1) is 0 Å². The molecule has 0 aromatic heterocycles. The Balaban J connectivity index is 1.22. The van der Waals surface area contributed by atoms with Crippen LogP contribution in [-0.4, -0.2) is 90.5 Å². The Labute approximate surface area is 289 Å². The summed E-state index contributed by atoms with van der Waals surface area (Å²) in [5.41, 5.74) is 3.38. The second-order valence-electron chi connectivity index (χ2n) is 14.2. The highest BCUT2D eigenvalue weighted by Crippen LogP contribution is 2.47. The molecule has 2 bridgehead atoms. The van der Waals surface area contributed by atoms with Crippen molar-refractivity contribution in [3.05, 3.63) is 70.3 Å². The zero-order valence-electron chi connectivity index (χ0n) is 27.7. The van der Waals surface area contributed by atoms with Crippen molar-refractivity contribution in [1.29, 1.82) is 0 Å². The van der Waals surface area contributed by atoms with Gasteiger partial charge in [0.25, 0.3) is 5.91 Å². The van der Waals surface area contributed by atoms with Crippen LogP contribution in [0, 0.1) is 11.8 Å². The first-order chi connectivity index (χ1) is 23.2. The SMILES string of the molecule is C[C@H]1C/C=C/[C@H](OCCN2CCOCC2)[C@@H]2CC[C@H]2CN2C[C@@]3(CCCc4cc(Cl)ccc43)COc3ccc(cc32)C(=O)NS(=O)(=O)N1. The second kappa shape index (κ2) is 14.3. The summed E-state index contributed by atoms with van der Waals surface area (Å²) >= 11 is 6.45. The maximum Gasteiger partial charge on any atom is 0.301 e. The van der Waals surface area contributed by atoms with Gasteiger partial charge in [0.05, 0.1) is 38.2 Å². The topological polar surface area (TPSA) is 109 Å². The van der Waals surface area contributed by atoms with Gasteiger partial charge in [0.2, 0.25) is 0 Å². The number of nitrogens with one attached hydrogen (secondary N) is 2. The van der Waals surface area contributed by atoms with Gasteiger partial charge < -0.3 is 19.1 Å². The van der Waals surface area contributed by atoms with Gasteiger partial charge >= 0.3 is 10.2 Å². The third kappa shape index (κ3) is 7.41. The molecule has 5 aliphatic rings. The van der Waals surface area contributed by atoms with Gasteiger partial charge in [0.1, 0.15) is 5.75 Å². The van der Waals surface area contributed by atoms with Gasteiger partial charge in [-0.2, -0.15) is 13.1 Å². The van der Waals surface area contributed by atoms with Gasteiger partial charge in [-0.05, 0) is 98.7 Å². The van der Waals surface area contributed by atoms with Crippen molar-refractivity contribution >= 4 is 33.4 Å². The number of halogens is 1. The monoisotopic (exact) mass is 698 g/mol. The van der Waals surface area contributed by atoms with Crippen LogP contribution >= 0.6 is 11.6 Å². The number of fused-ring (bicyclic) bond motifs is 4. The van der Waals surface area contributed by atoms with Crippen molar-refractivity contribution in [3.63, 3.8) is 0 Å². The van der Waals surface area contributed by atoms with Crippen LogP contribution in [0.15, 0.2) is 48.6 Å². The molecule has 1 amide bonds. The summed E-state index contributed by atoms with van der Waals surface area (Å²) in [7, 11) is -4.09. The largest absolute Gasteiger partial charge is 0.490 e. The lowest BCUT2D eigenvalue weighted by Gasteiger charge is -2.46. The fourth-order valence-corrected chi connectivity index (χ4v) is 9.44. The number of anilines is 1. The van der Waals surface area contributed by atoms with Crippen LogP contribution < -0.4 is 19.1 Å². The highest BCUT2D eigenvalue weighted by Gasteiger charge is 2.44. The average Bonchev–Trinajstić information content (AvgIpc) is 3.19. The van der Waals surface area contributed by atoms with Crippen LogP contribution in [0.25, 0.3) is 0 Å². The van der Waals surface area contributed by atoms with Crippen LogP contribution in [0.5, 0.6) is 5.75 Å². The maximum absolute atomic E-state index is 13.3. The summed E-state index contributed by atoms with van der Waals surface area (Å²) in [6.07, 6.45) is 9.69. The van der Waals surface area contributed by atoms with Gasteiger partial charge in [-0.25, -0.2) is 4.72 Å². The molecule has 3 heterocycles. The Morgan fingerprint density at radius 1 is 1.12 bits per heavy atom. The van der Waals surface area contributed by atoms with Crippen molar-refractivity contribution in [2.75, 3.05) is 64.1 Å². The lowest BCUT2D eigenvalue weighted by atomic mass is 9.68. The van der Waals surface area contributed by atoms with E-state index in [0.29, 0.717) is 37.2 Å². The van der Waals surface area contributed by atoms with Crippen LogP contribution in [0.3, 0.4) is 0 Å². The summed E-state index contributed by atoms with van der Waals surface area (Å²) in [5.74, 6) is 0.722. The summed E-state index contributed by atoms with van der Waals surface area (Å²) in [6, 6.07) is 11.1. The first kappa shape index (κ1) is 33.8. The first-order valence-corrected chi connectivity index (χ1v) is 19.3. The molecule has 2 N–H and O–H groups in total. The standard InChI is InChI=1S/C36H47ClN4O6S/c1-25-4-2-6-33(46-19-16-40-14-17-45-18-15-40)30-10-7-28(30)22-41-23-36(13-3-5-26-20-29(37)9-11-31(26)36)24-47-34-12-8-27(21-32(34)41)35(42)39-48(43,44)38-25/h2,6,8-9,11-12,20-21,25,28,30,33,38H,3-5,7,10,13-19,22-24H2,1H3,(H,39,42)/b6-2+/t25-,28-,30+,33-,36-/m0/s1. The molecule has 0 radical (unpaired) electrons. The van der Waals surface area contributed by atoms with Crippen molar-refractivity contribution in [3.8, 4) is 5.75 Å². The third-order valence-corrected chi connectivity index (χ3v) is 12.3. The van der Waals surface area contributed by atoms with Crippen molar-refractivity contribution in [2.24, 2.45) is 11.8 Å². The van der Waals surface area contributed by atoms with Crippen molar-refractivity contribution < 1.29 is 27.4 Å². The normalized spacial score (nSPS) is 31.4. The predicted molar refractivity (Wildman–Crippen MR) is 186 cm³/mol. The van der Waals surface area contributed by atoms with Gasteiger partial charge in [0.15, 0.2) is 0 Å². The quantitative estimate of drug-likeness (QED) is 0.451. The van der Waals surface area contributed by atoms with E-state index in [4.69, 9.17) is 25.8 Å². The van der Waals surface area contributed by atoms with E-state index in [2.05, 4.69) is 37.5 Å². The number of nitrogens with zero attached hydrogens (tertiary/aromatic N) is 2. The fraction of sp³-hybridized carbons (Fsp3) is 0.583. The number of carbonyl (C=O) groups excluding carboxylic acids is 1. The average molecular weight is 699 g/mol. The number of hydrogen-bond donors (Lipinski definition) is 2. The second-order valence-corrected chi connectivity index (χ2v) is 16.1. The minimum atomic E-state index is -4.09. The summed E-state index contributed by atoms with van der Waals surface area (Å²) in [4.78, 5) is 18.1. The van der Waals surface area contributed by atoms with E-state index in [1.807, 2.05) is 18.2 Å². The predicted octanol–water partition coefficient (Wildman–Crippen LogP) is 4.47. The molecule has 5 atom stereocenters. The Morgan fingerprint density at radius 2 is 1.98 bits per heavy atom. The van der Waals surface area contributed by atoms with Crippen LogP contribution in [0.1, 0.15) is 60.5 Å². The van der Waals surface area contributed by atoms with E-state index >= 15 is 0 Å². The third-order valence-electron chi connectivity index (χ3n) is 10.9. The molecule has 2 aromatic carbocycles. The zero-order chi connectivity index (χ0) is 33.3. The molecule has 1 saturated heterocycles. The lowest BCUT2D eigenvalue weighted by Crippen LogP contribution is -2.50. The Kier molecular flexibility index (Phi) is 10.1. The smallest absolute Gasteiger partial charge is 0.301 e. The molecule has 12 heteroatoms. The van der Waals surface area contributed by atoms with Crippen LogP contribution in [-0.2, 0) is 31.5 Å². The molecule has 260 valence electrons. The van der Waals surface area contributed by atoms with E-state index < -0.39 is 22.2 Å². The number of hydrogen-bond acceptors (Lipinski definition) is 8. The summed E-state index contributed by atoms with van der Waals surface area (Å²) in [5, 5.41) is 0.744. The number of aryl methyl sites for hydroxylation is 1. The molecule has 7 rings (SSSR count). The maximum atomic E-state index is 13.3. The molecule has 10 nitrogen and oxygen atoms in total. The Hall–Kier alpha value is -2.67. The van der Waals surface area contributed by atoms with Gasteiger partial charge in [-0.1, -0.05) is 29.8 Å². The first-order valence-electron chi connectivity index (χ1n) is 17.4. The molecule has 3 aliphatic heterocycles. The van der Waals surface area contributed by atoms with Crippen LogP contribution in [0.2, 0.25) is 5.02 Å². The number of carbonyl (C=O) groups is 1. The molecule has 2 aliphatic carbocycles. The molecular formula is C36H47ClN4O6S. The van der Waals surface area contributed by atoms with Gasteiger partial charge in [-0.3, -0.25) is 9.69 Å². The Bertz CT molecular complexity index is 1630. The zero-order valence-corrected chi connectivity index (χ0v) is 29.2. The summed E-state index contributed by atoms with van der Waals surface area (Å²) in [6.45, 7) is 8.63. The molecule has 2 fully saturated rings. The van der Waals surface area contributed by atoms with E-state index in [1.54, 1.807) is 19.1 Å².